The van der Waals surface area contributed by atoms with Gasteiger partial charge in [0.1, 0.15) is 34.6 Å². The Morgan fingerprint density at radius 1 is 0.246 bits per heavy atom. The maximum absolute atomic E-state index is 8.23. The molecular weight excluding hydrogens is 962 g/mol. The third-order valence-corrected chi connectivity index (χ3v) is 35.2. The van der Waals surface area contributed by atoms with Crippen molar-refractivity contribution in [3.63, 3.8) is 0 Å². The molecule has 0 N–H and O–H groups in total. The molecule has 2 atom stereocenters. The van der Waals surface area contributed by atoms with E-state index >= 15 is 0 Å². The first-order chi connectivity index (χ1) is 33.9. The van der Waals surface area contributed by atoms with Crippen LogP contribution in [0.25, 0.3) is 0 Å². The monoisotopic (exact) mass is 1010 g/mol. The summed E-state index contributed by atoms with van der Waals surface area (Å²) in [7, 11) is -20.4. The van der Waals surface area contributed by atoms with Gasteiger partial charge in [0.05, 0.1) is 0 Å². The quantitative estimate of drug-likeness (QED) is 0.114. The van der Waals surface area contributed by atoms with E-state index in [0.29, 0.717) is 5.75 Å². The smallest absolute Gasteiger partial charge is 0.402 e. The van der Waals surface area contributed by atoms with Gasteiger partial charge in [-0.1, -0.05) is 261 Å². The van der Waals surface area contributed by atoms with Gasteiger partial charge < -0.3 is 4.52 Å². The van der Waals surface area contributed by atoms with E-state index < -0.39 is 43.9 Å². The molecule has 0 aliphatic carbocycles. The Bertz CT molecular complexity index is 3270. The van der Waals surface area contributed by atoms with Crippen molar-refractivity contribution in [1.82, 2.24) is 0 Å². The first-order valence-corrected chi connectivity index (χ1v) is 33.0. The minimum atomic E-state index is -4.02. The Hall–Kier alpha value is -5.88. The average molecular weight is 1010 g/mol. The SMILES string of the molecule is CP1(OP2(Oc3ccccc3)=NP(c3ccccc3)(c3ccccc3)=NP(c3ccccc3)(c3ccccc3)=N2)=NP(c2ccccc2)(c2ccccc2)=NP(c2ccccc2)(c2ccccc2)=N1. The van der Waals surface area contributed by atoms with Gasteiger partial charge in [0.15, 0.2) is 0 Å². The summed E-state index contributed by atoms with van der Waals surface area (Å²) < 4.78 is 52.8. The van der Waals surface area contributed by atoms with Crippen LogP contribution >= 0.6 is 43.9 Å². The average Bonchev–Trinajstić information content (AvgIpc) is 3.42. The molecule has 14 heteroatoms. The Balaban J connectivity index is 1.36. The zero-order chi connectivity index (χ0) is 46.7. The van der Waals surface area contributed by atoms with E-state index in [0.717, 1.165) is 42.4 Å². The normalized spacial score (nSPS) is 20.4. The summed E-state index contributed by atoms with van der Waals surface area (Å²) >= 11 is 0. The van der Waals surface area contributed by atoms with E-state index in [1.165, 1.54) is 0 Å². The van der Waals surface area contributed by atoms with Crippen LogP contribution in [-0.4, -0.2) is 6.66 Å². The fourth-order valence-corrected chi connectivity index (χ4v) is 37.6. The highest BCUT2D eigenvalue weighted by atomic mass is 31.3. The minimum absolute atomic E-state index is 0.575. The molecule has 9 aromatic carbocycles. The molecule has 8 nitrogen and oxygen atoms in total. The molecule has 69 heavy (non-hydrogen) atoms. The summed E-state index contributed by atoms with van der Waals surface area (Å²) in [5, 5.41) is 7.89. The van der Waals surface area contributed by atoms with Gasteiger partial charge in [-0.2, -0.15) is 9.03 Å². The molecular formula is C55H48N6O2P6. The first kappa shape index (κ1) is 45.6. The van der Waals surface area contributed by atoms with Crippen molar-refractivity contribution in [2.24, 2.45) is 27.1 Å². The Morgan fingerprint density at radius 2 is 0.478 bits per heavy atom. The lowest BCUT2D eigenvalue weighted by molar-refractivity contribution is 0.501. The van der Waals surface area contributed by atoms with Crippen LogP contribution in [0.15, 0.2) is 300 Å². The number of nitrogens with zero attached hydrogens (tertiary/aromatic N) is 6. The topological polar surface area (TPSA) is 92.6 Å². The van der Waals surface area contributed by atoms with Crippen LogP contribution in [0.1, 0.15) is 0 Å². The van der Waals surface area contributed by atoms with Crippen LogP contribution in [0, 0.1) is 0 Å². The van der Waals surface area contributed by atoms with Crippen molar-refractivity contribution in [2.75, 3.05) is 6.66 Å². The Morgan fingerprint density at radius 3 is 0.768 bits per heavy atom. The lowest BCUT2D eigenvalue weighted by Gasteiger charge is -2.40. The van der Waals surface area contributed by atoms with Crippen LogP contribution in [0.4, 0.5) is 0 Å². The Labute approximate surface area is 405 Å². The van der Waals surface area contributed by atoms with E-state index in [-0.39, 0.29) is 0 Å². The van der Waals surface area contributed by atoms with E-state index in [9.17, 15) is 0 Å². The van der Waals surface area contributed by atoms with Gasteiger partial charge in [-0.05, 0) is 12.1 Å². The molecule has 0 aromatic heterocycles. The first-order valence-electron chi connectivity index (χ1n) is 22.6. The van der Waals surface area contributed by atoms with Gasteiger partial charge in [0.25, 0.3) is 0 Å². The zero-order valence-corrected chi connectivity index (χ0v) is 43.0. The second kappa shape index (κ2) is 19.1. The van der Waals surface area contributed by atoms with Crippen molar-refractivity contribution in [2.45, 2.75) is 0 Å². The molecule has 2 heterocycles. The number of hydrogen-bond acceptors (Lipinski definition) is 8. The third kappa shape index (κ3) is 8.65. The minimum Gasteiger partial charge on any atom is -0.422 e. The molecule has 2 unspecified atom stereocenters. The summed E-state index contributed by atoms with van der Waals surface area (Å²) in [6.07, 6.45) is 0. The van der Waals surface area contributed by atoms with Crippen molar-refractivity contribution in [3.8, 4) is 5.75 Å². The standard InChI is InChI=1S/C55H48N6O2P6/c1-64(56-65(48-31-13-3-14-32-48,49-33-15-4-16-34-49)58-66(57-64,50-35-17-5-18-36-50)51-37-19-6-20-38-51)63-69(62-47-29-11-2-12-30-47)60-67(52-39-21-7-22-40-52,53-41-23-8-24-42-53)59-68(61-69,54-43-25-9-26-44-54)55-45-27-10-28-46-55/h2-46H,1H3. The second-order valence-corrected chi connectivity index (χ2v) is 33.2. The van der Waals surface area contributed by atoms with E-state index in [4.69, 9.17) is 35.9 Å². The molecule has 0 radical (unpaired) electrons. The maximum Gasteiger partial charge on any atom is 0.402 e. The van der Waals surface area contributed by atoms with Crippen LogP contribution in [-0.2, 0) is 4.31 Å². The zero-order valence-electron chi connectivity index (χ0n) is 37.7. The molecule has 0 bridgehead atoms. The van der Waals surface area contributed by atoms with E-state index in [2.05, 4.69) is 201 Å². The summed E-state index contributed by atoms with van der Waals surface area (Å²) in [5.74, 6) is 0.575. The summed E-state index contributed by atoms with van der Waals surface area (Å²) in [4.78, 5) is 0. The van der Waals surface area contributed by atoms with Crippen LogP contribution in [0.3, 0.4) is 0 Å². The van der Waals surface area contributed by atoms with Gasteiger partial charge in [0, 0.05) is 49.1 Å². The summed E-state index contributed by atoms with van der Waals surface area (Å²) in [6.45, 7) is 2.09. The van der Waals surface area contributed by atoms with E-state index in [1.54, 1.807) is 0 Å². The molecule has 0 spiro atoms. The maximum atomic E-state index is 8.23. The lowest BCUT2D eigenvalue weighted by Crippen LogP contribution is -2.22. The predicted molar refractivity (Wildman–Crippen MR) is 299 cm³/mol. The van der Waals surface area contributed by atoms with Crippen molar-refractivity contribution in [3.05, 3.63) is 273 Å². The molecule has 2 aliphatic heterocycles. The number of para-hydroxylation sites is 1. The van der Waals surface area contributed by atoms with Crippen LogP contribution < -0.4 is 47.0 Å². The molecule has 340 valence electrons. The van der Waals surface area contributed by atoms with Gasteiger partial charge in [-0.15, -0.1) is 0 Å². The van der Waals surface area contributed by atoms with Gasteiger partial charge in [-0.3, -0.25) is 0 Å². The second-order valence-electron chi connectivity index (χ2n) is 16.4. The molecule has 11 rings (SSSR count). The third-order valence-electron chi connectivity index (χ3n) is 11.8. The number of rotatable bonds is 12. The summed E-state index contributed by atoms with van der Waals surface area (Å²) in [6, 6.07) is 93.9. The highest BCUT2D eigenvalue weighted by Crippen LogP contribution is 2.85. The van der Waals surface area contributed by atoms with Gasteiger partial charge in [-0.25, -0.2) is 22.4 Å². The summed E-state index contributed by atoms with van der Waals surface area (Å²) in [5.41, 5.74) is 0. The lowest BCUT2D eigenvalue weighted by atomic mass is 10.3. The molecule has 2 aliphatic rings. The molecule has 0 amide bonds. The fourth-order valence-electron chi connectivity index (χ4n) is 8.74. The van der Waals surface area contributed by atoms with Crippen molar-refractivity contribution in [1.29, 1.82) is 0 Å². The number of hydrogen-bond donors (Lipinski definition) is 0. The van der Waals surface area contributed by atoms with Crippen LogP contribution in [0.2, 0.25) is 0 Å². The molecule has 9 aromatic rings. The highest BCUT2D eigenvalue weighted by Gasteiger charge is 2.48. The molecule has 0 saturated carbocycles. The van der Waals surface area contributed by atoms with Crippen LogP contribution in [0.5, 0.6) is 5.75 Å². The van der Waals surface area contributed by atoms with Crippen molar-refractivity contribution < 1.29 is 8.83 Å². The fraction of sp³-hybridized carbons (Fsp3) is 0.0182. The van der Waals surface area contributed by atoms with Gasteiger partial charge >= 0.3 is 7.66 Å². The highest BCUT2D eigenvalue weighted by molar-refractivity contribution is 7.99. The Kier molecular flexibility index (Phi) is 12.6. The molecule has 0 saturated heterocycles. The number of benzene rings is 9. The molecule has 0 fully saturated rings. The predicted octanol–water partition coefficient (Wildman–Crippen LogP) is 14.8. The van der Waals surface area contributed by atoms with Crippen molar-refractivity contribution >= 4 is 86.3 Å². The largest absolute Gasteiger partial charge is 0.422 e. The van der Waals surface area contributed by atoms with Gasteiger partial charge in [0.2, 0.25) is 7.43 Å². The van der Waals surface area contributed by atoms with E-state index in [1.807, 2.05) is 78.9 Å².